The number of ketones is 1. The molecule has 0 amide bonds. The molecule has 7 nitrogen and oxygen atoms in total. The highest BCUT2D eigenvalue weighted by molar-refractivity contribution is 6.31. The van der Waals surface area contributed by atoms with E-state index in [1.807, 2.05) is 0 Å². The normalized spacial score (nSPS) is 24.0. The minimum atomic E-state index is -1.95. The van der Waals surface area contributed by atoms with Crippen LogP contribution in [-0.2, 0) is 15.1 Å². The number of Topliss-reactive ketones (excluding diaryl/α,β-unsaturated/α-hetero) is 1. The third-order valence-corrected chi connectivity index (χ3v) is 9.45. The Hall–Kier alpha value is -4.35. The number of ether oxygens (including phenoxy) is 3. The monoisotopic (exact) mass is 657 g/mol. The zero-order valence-corrected chi connectivity index (χ0v) is 27.1. The highest BCUT2D eigenvalue weighted by Crippen LogP contribution is 2.64. The van der Waals surface area contributed by atoms with Crippen molar-refractivity contribution in [3.8, 4) is 17.6 Å². The molecule has 1 aliphatic carbocycles. The van der Waals surface area contributed by atoms with Crippen LogP contribution in [0.3, 0.4) is 0 Å². The van der Waals surface area contributed by atoms with Gasteiger partial charge in [-0.3, -0.25) is 9.59 Å². The van der Waals surface area contributed by atoms with Crippen molar-refractivity contribution in [2.75, 3.05) is 20.8 Å². The van der Waals surface area contributed by atoms with E-state index in [0.717, 1.165) is 0 Å². The number of hydrogen-bond donors (Lipinski definition) is 1. The molecule has 1 aliphatic rings. The van der Waals surface area contributed by atoms with Crippen LogP contribution in [0.1, 0.15) is 52.2 Å². The zero-order chi connectivity index (χ0) is 33.1. The molecule has 5 atom stereocenters. The van der Waals surface area contributed by atoms with Crippen molar-refractivity contribution in [1.29, 1.82) is 5.26 Å². The average molecular weight is 659 g/mol. The van der Waals surface area contributed by atoms with Gasteiger partial charge >= 0.3 is 5.97 Å². The van der Waals surface area contributed by atoms with Crippen molar-refractivity contribution in [3.63, 3.8) is 0 Å². The van der Waals surface area contributed by atoms with Crippen LogP contribution in [-0.4, -0.2) is 37.7 Å². The number of carbonyl (C=O) groups is 2. The van der Waals surface area contributed by atoms with E-state index in [1.54, 1.807) is 111 Å². The van der Waals surface area contributed by atoms with E-state index >= 15 is 0 Å². The van der Waals surface area contributed by atoms with Gasteiger partial charge in [0.2, 0.25) is 0 Å². The van der Waals surface area contributed by atoms with Crippen molar-refractivity contribution in [2.45, 2.75) is 30.8 Å². The van der Waals surface area contributed by atoms with Crippen molar-refractivity contribution < 1.29 is 28.9 Å². The number of methoxy groups -OCH3 is 2. The molecule has 0 heterocycles. The number of nitrogens with zero attached hydrogens (tertiary/aromatic N) is 1. The van der Waals surface area contributed by atoms with Gasteiger partial charge in [0.1, 0.15) is 17.1 Å². The lowest BCUT2D eigenvalue weighted by molar-refractivity contribution is -0.164. The van der Waals surface area contributed by atoms with Crippen molar-refractivity contribution >= 4 is 35.0 Å². The SMILES string of the molecule is CCOC(=O)[C@@]1(C#N)[C@H](c2ccc(OC)cc2)[C@@H](C(=O)c2ccc(Cl)cc2)[C@@](O)(c2ccc(Cl)cc2)C[C@H]1c1ccc(OC)cc1. The maximum Gasteiger partial charge on any atom is 0.327 e. The maximum atomic E-state index is 14.9. The molecule has 1 saturated carbocycles. The first-order valence-corrected chi connectivity index (χ1v) is 15.5. The summed E-state index contributed by atoms with van der Waals surface area (Å²) in [6, 6.07) is 29.1. The molecule has 0 aliphatic heterocycles. The van der Waals surface area contributed by atoms with E-state index in [2.05, 4.69) is 6.07 Å². The topological polar surface area (TPSA) is 106 Å². The molecule has 236 valence electrons. The van der Waals surface area contributed by atoms with E-state index in [4.69, 9.17) is 37.4 Å². The van der Waals surface area contributed by atoms with Crippen LogP contribution in [0.5, 0.6) is 11.5 Å². The van der Waals surface area contributed by atoms with Crippen LogP contribution in [0.2, 0.25) is 10.0 Å². The number of rotatable bonds is 9. The summed E-state index contributed by atoms with van der Waals surface area (Å²) >= 11 is 12.4. The molecule has 0 unspecified atom stereocenters. The van der Waals surface area contributed by atoms with Crippen LogP contribution in [0.4, 0.5) is 0 Å². The molecule has 0 bridgehead atoms. The molecule has 0 saturated heterocycles. The van der Waals surface area contributed by atoms with Gasteiger partial charge in [0.05, 0.1) is 32.8 Å². The minimum Gasteiger partial charge on any atom is -0.497 e. The highest BCUT2D eigenvalue weighted by Gasteiger charge is 2.67. The van der Waals surface area contributed by atoms with Crippen molar-refractivity contribution in [1.82, 2.24) is 0 Å². The summed E-state index contributed by atoms with van der Waals surface area (Å²) < 4.78 is 16.4. The van der Waals surface area contributed by atoms with E-state index < -0.39 is 40.5 Å². The standard InChI is InChI=1S/C37H33Cl2NO6/c1-4-46-35(42)36(22-40)31(23-7-17-29(44-2)18-8-23)21-37(43,26-11-15-28(39)16-12-26)33(34(41)25-5-13-27(38)14-6-25)32(36)24-9-19-30(45-3)20-10-24/h5-20,31-33,43H,4,21H2,1-3H3/t31-,32+,33-,36+,37-/m0/s1. The van der Waals surface area contributed by atoms with Crippen LogP contribution >= 0.6 is 23.2 Å². The second-order valence-corrected chi connectivity index (χ2v) is 12.1. The van der Waals surface area contributed by atoms with Gasteiger partial charge in [0.25, 0.3) is 0 Å². The predicted octanol–water partition coefficient (Wildman–Crippen LogP) is 7.74. The number of benzene rings is 4. The number of halogens is 2. The summed E-state index contributed by atoms with van der Waals surface area (Å²) in [5.74, 6) is -3.58. The van der Waals surface area contributed by atoms with E-state index in [1.165, 1.54) is 7.11 Å². The van der Waals surface area contributed by atoms with Gasteiger partial charge in [0.15, 0.2) is 11.2 Å². The van der Waals surface area contributed by atoms with Crippen molar-refractivity contribution in [3.05, 3.63) is 129 Å². The fraction of sp³-hybridized carbons (Fsp3) is 0.270. The van der Waals surface area contributed by atoms with Gasteiger partial charge in [-0.25, -0.2) is 0 Å². The lowest BCUT2D eigenvalue weighted by Crippen LogP contribution is -2.59. The van der Waals surface area contributed by atoms with E-state index in [0.29, 0.717) is 38.2 Å². The molecule has 0 aromatic heterocycles. The summed E-state index contributed by atoms with van der Waals surface area (Å²) in [6.07, 6.45) is -0.163. The summed E-state index contributed by atoms with van der Waals surface area (Å²) in [5, 5.41) is 25.2. The third kappa shape index (κ3) is 5.85. The Balaban J connectivity index is 1.88. The summed E-state index contributed by atoms with van der Waals surface area (Å²) in [7, 11) is 3.07. The first-order chi connectivity index (χ1) is 22.1. The summed E-state index contributed by atoms with van der Waals surface area (Å²) in [4.78, 5) is 29.2. The predicted molar refractivity (Wildman–Crippen MR) is 175 cm³/mol. The Bertz CT molecular complexity index is 1740. The molecule has 4 aromatic carbocycles. The van der Waals surface area contributed by atoms with Crippen molar-refractivity contribution in [2.24, 2.45) is 11.3 Å². The van der Waals surface area contributed by atoms with Crippen LogP contribution in [0.25, 0.3) is 0 Å². The lowest BCUT2D eigenvalue weighted by Gasteiger charge is -2.54. The van der Waals surface area contributed by atoms with Gasteiger partial charge < -0.3 is 19.3 Å². The minimum absolute atomic E-state index is 0.00414. The number of hydrogen-bond acceptors (Lipinski definition) is 7. The molecule has 0 radical (unpaired) electrons. The summed E-state index contributed by atoms with van der Waals surface area (Å²) in [5.41, 5.74) is -2.09. The molecule has 46 heavy (non-hydrogen) atoms. The Morgan fingerprint density at radius 2 is 1.33 bits per heavy atom. The van der Waals surface area contributed by atoms with Crippen LogP contribution in [0, 0.1) is 22.7 Å². The molecule has 1 fully saturated rings. The molecular weight excluding hydrogens is 625 g/mol. The van der Waals surface area contributed by atoms with Crippen LogP contribution < -0.4 is 9.47 Å². The summed E-state index contributed by atoms with van der Waals surface area (Å²) in [6.45, 7) is 1.67. The van der Waals surface area contributed by atoms with Gasteiger partial charge in [-0.1, -0.05) is 59.6 Å². The maximum absolute atomic E-state index is 14.9. The fourth-order valence-electron chi connectivity index (χ4n) is 6.75. The second-order valence-electron chi connectivity index (χ2n) is 11.3. The largest absolute Gasteiger partial charge is 0.497 e. The molecule has 9 heteroatoms. The van der Waals surface area contributed by atoms with Gasteiger partial charge in [-0.05, 0) is 90.7 Å². The fourth-order valence-corrected chi connectivity index (χ4v) is 7.00. The Kier molecular flexibility index (Phi) is 9.74. The van der Waals surface area contributed by atoms with E-state index in [-0.39, 0.29) is 18.6 Å². The lowest BCUT2D eigenvalue weighted by atomic mass is 9.47. The van der Waals surface area contributed by atoms with Crippen LogP contribution in [0.15, 0.2) is 97.1 Å². The molecule has 5 rings (SSSR count). The first kappa shape index (κ1) is 33.0. The Morgan fingerprint density at radius 3 is 1.80 bits per heavy atom. The van der Waals surface area contributed by atoms with Gasteiger partial charge in [0, 0.05) is 27.4 Å². The third-order valence-electron chi connectivity index (χ3n) is 8.95. The molecule has 1 N–H and O–H groups in total. The number of esters is 1. The average Bonchev–Trinajstić information content (AvgIpc) is 3.08. The van der Waals surface area contributed by atoms with Gasteiger partial charge in [-0.2, -0.15) is 5.26 Å². The smallest absolute Gasteiger partial charge is 0.327 e. The van der Waals surface area contributed by atoms with E-state index in [9.17, 15) is 20.0 Å². The molecule has 0 spiro atoms. The Labute approximate surface area is 278 Å². The Morgan fingerprint density at radius 1 is 0.826 bits per heavy atom. The highest BCUT2D eigenvalue weighted by atomic mass is 35.5. The number of carbonyl (C=O) groups excluding carboxylic acids is 2. The van der Waals surface area contributed by atoms with Gasteiger partial charge in [-0.15, -0.1) is 0 Å². The number of aliphatic hydroxyl groups is 1. The quantitative estimate of drug-likeness (QED) is 0.145. The second kappa shape index (κ2) is 13.6. The molecular formula is C37H33Cl2NO6. The first-order valence-electron chi connectivity index (χ1n) is 14.8. The number of nitriles is 1. The zero-order valence-electron chi connectivity index (χ0n) is 25.6. The molecule has 4 aromatic rings.